The number of halogens is 1. The first-order valence-electron chi connectivity index (χ1n) is 12.8. The van der Waals surface area contributed by atoms with E-state index in [0.717, 1.165) is 64.1 Å². The summed E-state index contributed by atoms with van der Waals surface area (Å²) in [5, 5.41) is 7.05. The molecule has 0 fully saturated rings. The van der Waals surface area contributed by atoms with Gasteiger partial charge in [0.15, 0.2) is 5.75 Å². The zero-order chi connectivity index (χ0) is 26.8. The molecule has 0 N–H and O–H groups in total. The molecular formula is C27H39ClN4O3Si2. The summed E-state index contributed by atoms with van der Waals surface area (Å²) >= 11 is 6.29. The minimum absolute atomic E-state index is 0.387. The van der Waals surface area contributed by atoms with E-state index in [-0.39, 0.29) is 0 Å². The first-order valence-corrected chi connectivity index (χ1v) is 20.6. The van der Waals surface area contributed by atoms with E-state index < -0.39 is 16.1 Å². The highest BCUT2D eigenvalue weighted by Gasteiger charge is 2.20. The summed E-state index contributed by atoms with van der Waals surface area (Å²) in [6, 6.07) is 10.2. The quantitative estimate of drug-likeness (QED) is 0.103. The van der Waals surface area contributed by atoms with Crippen molar-refractivity contribution in [3.05, 3.63) is 41.8 Å². The zero-order valence-corrected chi connectivity index (χ0v) is 25.9. The van der Waals surface area contributed by atoms with Gasteiger partial charge in [-0.15, -0.1) is 0 Å². The molecule has 7 nitrogen and oxygen atoms in total. The fourth-order valence-corrected chi connectivity index (χ4v) is 5.84. The average Bonchev–Trinajstić information content (AvgIpc) is 3.39. The van der Waals surface area contributed by atoms with Crippen LogP contribution in [0.15, 0.2) is 36.7 Å². The van der Waals surface area contributed by atoms with Crippen LogP contribution in [0.3, 0.4) is 0 Å². The molecule has 0 aliphatic heterocycles. The molecule has 0 radical (unpaired) electrons. The van der Waals surface area contributed by atoms with E-state index in [1.807, 2.05) is 27.6 Å². The summed E-state index contributed by atoms with van der Waals surface area (Å²) in [6.07, 6.45) is 3.94. The molecule has 1 aromatic carbocycles. The van der Waals surface area contributed by atoms with Crippen LogP contribution in [0.5, 0.6) is 5.75 Å². The Bertz CT molecular complexity index is 1370. The van der Waals surface area contributed by atoms with Crippen LogP contribution in [-0.2, 0) is 22.9 Å². The van der Waals surface area contributed by atoms with Crippen molar-refractivity contribution in [3.63, 3.8) is 0 Å². The lowest BCUT2D eigenvalue weighted by Gasteiger charge is -2.16. The number of fused-ring (bicyclic) bond motifs is 2. The van der Waals surface area contributed by atoms with E-state index in [1.54, 1.807) is 7.11 Å². The molecular weight excluding hydrogens is 520 g/mol. The Morgan fingerprint density at radius 1 is 0.865 bits per heavy atom. The number of nitrogens with zero attached hydrogens (tertiary/aromatic N) is 4. The predicted molar refractivity (Wildman–Crippen MR) is 158 cm³/mol. The molecule has 0 unspecified atom stereocenters. The van der Waals surface area contributed by atoms with Gasteiger partial charge in [-0.2, -0.15) is 5.10 Å². The molecule has 3 aromatic heterocycles. The van der Waals surface area contributed by atoms with Crippen molar-refractivity contribution in [3.8, 4) is 16.9 Å². The van der Waals surface area contributed by atoms with Crippen molar-refractivity contribution < 1.29 is 14.2 Å². The third-order valence-corrected chi connectivity index (χ3v) is 10.00. The van der Waals surface area contributed by atoms with Gasteiger partial charge >= 0.3 is 0 Å². The molecule has 0 aliphatic carbocycles. The van der Waals surface area contributed by atoms with Gasteiger partial charge in [0.1, 0.15) is 29.8 Å². The van der Waals surface area contributed by atoms with Crippen molar-refractivity contribution >= 4 is 49.7 Å². The largest absolute Gasteiger partial charge is 0.494 e. The Balaban J connectivity index is 1.68. The van der Waals surface area contributed by atoms with Crippen molar-refractivity contribution in [2.75, 3.05) is 20.3 Å². The van der Waals surface area contributed by atoms with Gasteiger partial charge in [-0.05, 0) is 30.3 Å². The Morgan fingerprint density at radius 2 is 1.54 bits per heavy atom. The molecule has 0 saturated carbocycles. The summed E-state index contributed by atoms with van der Waals surface area (Å²) in [7, 11) is -0.624. The number of ether oxygens (including phenoxy) is 3. The zero-order valence-electron chi connectivity index (χ0n) is 23.1. The van der Waals surface area contributed by atoms with Crippen LogP contribution in [0, 0.1) is 0 Å². The van der Waals surface area contributed by atoms with E-state index in [4.69, 9.17) is 25.8 Å². The fraction of sp³-hybridized carbons (Fsp3) is 0.481. The first kappa shape index (κ1) is 27.8. The second-order valence-corrected chi connectivity index (χ2v) is 23.6. The second-order valence-electron chi connectivity index (χ2n) is 11.9. The lowest BCUT2D eigenvalue weighted by atomic mass is 10.0. The van der Waals surface area contributed by atoms with Crippen LogP contribution in [-0.4, -0.2) is 55.8 Å². The number of pyridine rings is 1. The highest BCUT2D eigenvalue weighted by Crippen LogP contribution is 2.40. The molecule has 4 aromatic rings. The van der Waals surface area contributed by atoms with Crippen molar-refractivity contribution in [2.24, 2.45) is 0 Å². The summed E-state index contributed by atoms with van der Waals surface area (Å²) < 4.78 is 22.0. The normalized spacial score (nSPS) is 12.6. The van der Waals surface area contributed by atoms with Gasteiger partial charge in [-0.25, -0.2) is 9.67 Å². The minimum Gasteiger partial charge on any atom is -0.494 e. The van der Waals surface area contributed by atoms with Crippen LogP contribution in [0.4, 0.5) is 0 Å². The van der Waals surface area contributed by atoms with Crippen molar-refractivity contribution in [2.45, 2.75) is 64.8 Å². The summed E-state index contributed by atoms with van der Waals surface area (Å²) in [5.74, 6) is 0.762. The number of rotatable bonds is 12. The maximum absolute atomic E-state index is 6.29. The summed E-state index contributed by atoms with van der Waals surface area (Å²) in [6.45, 7) is 16.4. The van der Waals surface area contributed by atoms with Gasteiger partial charge in [0.25, 0.3) is 0 Å². The Kier molecular flexibility index (Phi) is 8.49. The van der Waals surface area contributed by atoms with Crippen LogP contribution < -0.4 is 4.74 Å². The van der Waals surface area contributed by atoms with Gasteiger partial charge in [0.05, 0.1) is 13.3 Å². The smallest absolute Gasteiger partial charge is 0.152 e. The van der Waals surface area contributed by atoms with Crippen LogP contribution in [0.25, 0.3) is 33.1 Å². The molecule has 200 valence electrons. The van der Waals surface area contributed by atoms with E-state index in [1.165, 1.54) is 0 Å². The molecule has 0 bridgehead atoms. The number of hydrogen-bond donors (Lipinski definition) is 0. The van der Waals surface area contributed by atoms with Gasteiger partial charge in [0, 0.05) is 57.5 Å². The SMILES string of the molecule is COc1c(-c2cn(COCC[Si](C)(C)C)c3nc(Cl)ccc23)ccc2cnn(COCC[Si](C)(C)C)c12. The topological polar surface area (TPSA) is 63.3 Å². The number of benzene rings is 1. The molecule has 0 spiro atoms. The van der Waals surface area contributed by atoms with Crippen molar-refractivity contribution in [1.29, 1.82) is 0 Å². The van der Waals surface area contributed by atoms with Gasteiger partial charge in [-0.3, -0.25) is 0 Å². The standard InChI is InChI=1S/C27H39ClN4O3Si2/c1-33-26-21(9-8-20-16-29-32(25(20)26)19-35-13-15-37(5,6)7)23-17-31(18-34-12-14-36(2,3)4)27-22(23)10-11-24(28)30-27/h8-11,16-17H,12-15,18-19H2,1-7H3. The van der Waals surface area contributed by atoms with Crippen LogP contribution >= 0.6 is 11.6 Å². The Morgan fingerprint density at radius 3 is 2.19 bits per heavy atom. The molecule has 0 saturated heterocycles. The second kappa shape index (κ2) is 11.3. The third kappa shape index (κ3) is 6.83. The Labute approximate surface area is 226 Å². The fourth-order valence-electron chi connectivity index (χ4n) is 4.19. The van der Waals surface area contributed by atoms with Gasteiger partial charge in [-0.1, -0.05) is 56.9 Å². The number of hydrogen-bond acceptors (Lipinski definition) is 5. The predicted octanol–water partition coefficient (Wildman–Crippen LogP) is 7.34. The lowest BCUT2D eigenvalue weighted by molar-refractivity contribution is 0.0814. The molecule has 37 heavy (non-hydrogen) atoms. The number of methoxy groups -OCH3 is 1. The summed E-state index contributed by atoms with van der Waals surface area (Å²) in [4.78, 5) is 4.63. The molecule has 4 rings (SSSR count). The summed E-state index contributed by atoms with van der Waals surface area (Å²) in [5.41, 5.74) is 3.69. The maximum Gasteiger partial charge on any atom is 0.152 e. The highest BCUT2D eigenvalue weighted by atomic mass is 35.5. The molecule has 0 atom stereocenters. The molecule has 0 aliphatic rings. The molecule has 10 heteroatoms. The Hall–Kier alpha value is -2.18. The minimum atomic E-state index is -1.17. The van der Waals surface area contributed by atoms with Gasteiger partial charge in [0.2, 0.25) is 0 Å². The van der Waals surface area contributed by atoms with E-state index in [0.29, 0.717) is 18.6 Å². The lowest BCUT2D eigenvalue weighted by Crippen LogP contribution is -2.22. The molecule has 0 amide bonds. The maximum atomic E-state index is 6.29. The average molecular weight is 559 g/mol. The van der Waals surface area contributed by atoms with E-state index >= 15 is 0 Å². The van der Waals surface area contributed by atoms with Crippen LogP contribution in [0.1, 0.15) is 0 Å². The van der Waals surface area contributed by atoms with E-state index in [9.17, 15) is 0 Å². The molecule has 3 heterocycles. The van der Waals surface area contributed by atoms with Gasteiger partial charge < -0.3 is 18.8 Å². The van der Waals surface area contributed by atoms with E-state index in [2.05, 4.69) is 67.7 Å². The van der Waals surface area contributed by atoms with Crippen LogP contribution in [0.2, 0.25) is 56.5 Å². The first-order chi connectivity index (χ1) is 17.5. The monoisotopic (exact) mass is 558 g/mol. The van der Waals surface area contributed by atoms with Crippen molar-refractivity contribution in [1.82, 2.24) is 19.3 Å². The third-order valence-electron chi connectivity index (χ3n) is 6.38. The number of aromatic nitrogens is 4. The highest BCUT2D eigenvalue weighted by molar-refractivity contribution is 6.76.